The van der Waals surface area contributed by atoms with Crippen molar-refractivity contribution in [3.63, 3.8) is 0 Å². The van der Waals surface area contributed by atoms with Crippen molar-refractivity contribution in [3.05, 3.63) is 21.3 Å². The zero-order valence-electron chi connectivity index (χ0n) is 12.9. The van der Waals surface area contributed by atoms with Crippen LogP contribution in [-0.2, 0) is 4.74 Å². The fourth-order valence-corrected chi connectivity index (χ4v) is 3.43. The molecule has 0 spiro atoms. The van der Waals surface area contributed by atoms with Crippen LogP contribution in [0, 0.1) is 0 Å². The summed E-state index contributed by atoms with van der Waals surface area (Å²) in [7, 11) is 0. The van der Waals surface area contributed by atoms with E-state index < -0.39 is 0 Å². The zero-order valence-corrected chi connectivity index (χ0v) is 14.5. The minimum absolute atomic E-state index is 0.0224. The van der Waals surface area contributed by atoms with Gasteiger partial charge in [0, 0.05) is 24.5 Å². The summed E-state index contributed by atoms with van der Waals surface area (Å²) in [6.45, 7) is 7.46. The van der Waals surface area contributed by atoms with Crippen molar-refractivity contribution in [2.45, 2.75) is 25.8 Å². The van der Waals surface area contributed by atoms with Crippen molar-refractivity contribution in [2.24, 2.45) is 0 Å². The van der Waals surface area contributed by atoms with E-state index in [4.69, 9.17) is 16.3 Å². The number of carbonyl (C=O) groups excluding carboxylic acids is 1. The van der Waals surface area contributed by atoms with E-state index in [1.54, 1.807) is 0 Å². The molecule has 1 saturated heterocycles. The van der Waals surface area contributed by atoms with Crippen LogP contribution in [0.25, 0.3) is 0 Å². The van der Waals surface area contributed by atoms with E-state index in [0.717, 1.165) is 54.9 Å². The molecule has 0 aromatic carbocycles. The zero-order chi connectivity index (χ0) is 15.8. The van der Waals surface area contributed by atoms with Gasteiger partial charge in [-0.2, -0.15) is 0 Å². The third kappa shape index (κ3) is 6.12. The topological polar surface area (TPSA) is 53.6 Å². The predicted octanol–water partition coefficient (Wildman–Crippen LogP) is 2.87. The SMILES string of the molecule is CC(NC(=O)NCCCCN1CCOCC1)c1ccc(Cl)s1. The Labute approximate surface area is 141 Å². The van der Waals surface area contributed by atoms with Gasteiger partial charge >= 0.3 is 6.03 Å². The lowest BCUT2D eigenvalue weighted by Crippen LogP contribution is -2.38. The normalized spacial score (nSPS) is 17.2. The van der Waals surface area contributed by atoms with Crippen LogP contribution < -0.4 is 10.6 Å². The number of rotatable bonds is 7. The van der Waals surface area contributed by atoms with E-state index in [2.05, 4.69) is 15.5 Å². The van der Waals surface area contributed by atoms with Gasteiger partial charge in [0.2, 0.25) is 0 Å². The Morgan fingerprint density at radius 3 is 2.86 bits per heavy atom. The van der Waals surface area contributed by atoms with Crippen molar-refractivity contribution in [3.8, 4) is 0 Å². The summed E-state index contributed by atoms with van der Waals surface area (Å²) in [6, 6.07) is 3.65. The summed E-state index contributed by atoms with van der Waals surface area (Å²) in [5.74, 6) is 0. The summed E-state index contributed by atoms with van der Waals surface area (Å²) >= 11 is 7.39. The first kappa shape index (κ1) is 17.5. The molecule has 1 aliphatic heterocycles. The molecular weight excluding hydrogens is 322 g/mol. The third-order valence-electron chi connectivity index (χ3n) is 3.66. The second-order valence-electron chi connectivity index (χ2n) is 5.42. The number of hydrogen-bond acceptors (Lipinski definition) is 4. The largest absolute Gasteiger partial charge is 0.379 e. The molecule has 2 amide bonds. The number of nitrogens with zero attached hydrogens (tertiary/aromatic N) is 1. The number of amides is 2. The molecule has 1 aromatic rings. The summed E-state index contributed by atoms with van der Waals surface area (Å²) in [5, 5.41) is 5.83. The number of hydrogen-bond donors (Lipinski definition) is 2. The summed E-state index contributed by atoms with van der Waals surface area (Å²) in [5.41, 5.74) is 0. The average molecular weight is 346 g/mol. The second-order valence-corrected chi connectivity index (χ2v) is 7.17. The lowest BCUT2D eigenvalue weighted by atomic mass is 10.2. The number of carbonyl (C=O) groups is 1. The first-order valence-corrected chi connectivity index (χ1v) is 8.94. The third-order valence-corrected chi connectivity index (χ3v) is 5.07. The van der Waals surface area contributed by atoms with Crippen molar-refractivity contribution >= 4 is 29.0 Å². The molecule has 1 aliphatic rings. The standard InChI is InChI=1S/C15H24ClN3O2S/c1-12(13-4-5-14(16)22-13)18-15(20)17-6-2-3-7-19-8-10-21-11-9-19/h4-5,12H,2-3,6-11H2,1H3,(H2,17,18,20). The van der Waals surface area contributed by atoms with E-state index in [0.29, 0.717) is 6.54 Å². The van der Waals surface area contributed by atoms with Gasteiger partial charge in [-0.25, -0.2) is 4.79 Å². The highest BCUT2D eigenvalue weighted by atomic mass is 35.5. The molecule has 7 heteroatoms. The Morgan fingerprint density at radius 1 is 1.41 bits per heavy atom. The van der Waals surface area contributed by atoms with Gasteiger partial charge in [-0.05, 0) is 38.4 Å². The van der Waals surface area contributed by atoms with Gasteiger partial charge in [-0.3, -0.25) is 4.90 Å². The van der Waals surface area contributed by atoms with Crippen LogP contribution in [0.4, 0.5) is 4.79 Å². The molecule has 0 radical (unpaired) electrons. The minimum atomic E-state index is -0.122. The predicted molar refractivity (Wildman–Crippen MR) is 90.8 cm³/mol. The first-order chi connectivity index (χ1) is 10.6. The molecule has 2 rings (SSSR count). The van der Waals surface area contributed by atoms with Crippen molar-refractivity contribution in [1.82, 2.24) is 15.5 Å². The quantitative estimate of drug-likeness (QED) is 0.747. The van der Waals surface area contributed by atoms with Gasteiger partial charge < -0.3 is 15.4 Å². The van der Waals surface area contributed by atoms with Crippen LogP contribution in [0.1, 0.15) is 30.7 Å². The Kier molecular flexibility index (Phi) is 7.45. The maximum atomic E-state index is 11.8. The molecule has 2 heterocycles. The van der Waals surface area contributed by atoms with Gasteiger partial charge in [0.05, 0.1) is 23.6 Å². The van der Waals surface area contributed by atoms with E-state index in [-0.39, 0.29) is 12.1 Å². The number of unbranched alkanes of at least 4 members (excludes halogenated alkanes) is 1. The van der Waals surface area contributed by atoms with Gasteiger partial charge in [-0.15, -0.1) is 11.3 Å². The number of ether oxygens (including phenoxy) is 1. The molecule has 1 fully saturated rings. The number of halogens is 1. The number of nitrogens with one attached hydrogen (secondary N) is 2. The van der Waals surface area contributed by atoms with Gasteiger partial charge in [0.1, 0.15) is 0 Å². The Morgan fingerprint density at radius 2 is 2.18 bits per heavy atom. The molecule has 1 atom stereocenters. The average Bonchev–Trinajstić information content (AvgIpc) is 2.94. The number of morpholine rings is 1. The molecule has 2 N–H and O–H groups in total. The lowest BCUT2D eigenvalue weighted by molar-refractivity contribution is 0.0372. The molecule has 124 valence electrons. The highest BCUT2D eigenvalue weighted by Gasteiger charge is 2.11. The van der Waals surface area contributed by atoms with Gasteiger partial charge in [0.25, 0.3) is 0 Å². The van der Waals surface area contributed by atoms with Crippen LogP contribution in [0.2, 0.25) is 4.34 Å². The maximum absolute atomic E-state index is 11.8. The highest BCUT2D eigenvalue weighted by Crippen LogP contribution is 2.26. The van der Waals surface area contributed by atoms with Crippen LogP contribution >= 0.6 is 22.9 Å². The first-order valence-electron chi connectivity index (χ1n) is 7.75. The Hall–Kier alpha value is -0.820. The number of urea groups is 1. The molecule has 0 bridgehead atoms. The molecule has 5 nitrogen and oxygen atoms in total. The lowest BCUT2D eigenvalue weighted by Gasteiger charge is -2.26. The fraction of sp³-hybridized carbons (Fsp3) is 0.667. The summed E-state index contributed by atoms with van der Waals surface area (Å²) < 4.78 is 6.06. The molecule has 0 saturated carbocycles. The number of thiophene rings is 1. The van der Waals surface area contributed by atoms with Crippen LogP contribution in [-0.4, -0.2) is 50.3 Å². The molecule has 1 aromatic heterocycles. The molecule has 1 unspecified atom stereocenters. The van der Waals surface area contributed by atoms with Crippen molar-refractivity contribution in [2.75, 3.05) is 39.4 Å². The molecular formula is C15H24ClN3O2S. The monoisotopic (exact) mass is 345 g/mol. The molecule has 22 heavy (non-hydrogen) atoms. The summed E-state index contributed by atoms with van der Waals surface area (Å²) in [4.78, 5) is 15.3. The highest BCUT2D eigenvalue weighted by molar-refractivity contribution is 7.16. The van der Waals surface area contributed by atoms with Gasteiger partial charge in [0.15, 0.2) is 0 Å². The smallest absolute Gasteiger partial charge is 0.315 e. The Bertz CT molecular complexity index is 463. The minimum Gasteiger partial charge on any atom is -0.379 e. The van der Waals surface area contributed by atoms with Gasteiger partial charge in [-0.1, -0.05) is 11.6 Å². The van der Waals surface area contributed by atoms with E-state index in [9.17, 15) is 4.79 Å². The molecule has 0 aliphatic carbocycles. The fourth-order valence-electron chi connectivity index (χ4n) is 2.37. The van der Waals surface area contributed by atoms with Crippen LogP contribution in [0.5, 0.6) is 0 Å². The Balaban J connectivity index is 1.53. The summed E-state index contributed by atoms with van der Waals surface area (Å²) in [6.07, 6.45) is 2.08. The van der Waals surface area contributed by atoms with E-state index >= 15 is 0 Å². The second kappa shape index (κ2) is 9.35. The maximum Gasteiger partial charge on any atom is 0.315 e. The van der Waals surface area contributed by atoms with Crippen LogP contribution in [0.15, 0.2) is 12.1 Å². The van der Waals surface area contributed by atoms with Crippen molar-refractivity contribution in [1.29, 1.82) is 0 Å². The van der Waals surface area contributed by atoms with E-state index in [1.165, 1.54) is 11.3 Å². The van der Waals surface area contributed by atoms with Crippen LogP contribution in [0.3, 0.4) is 0 Å². The van der Waals surface area contributed by atoms with Crippen molar-refractivity contribution < 1.29 is 9.53 Å². The van der Waals surface area contributed by atoms with E-state index in [1.807, 2.05) is 19.1 Å².